The molecule has 20 heavy (non-hydrogen) atoms. The molecule has 1 aliphatic rings. The van der Waals surface area contributed by atoms with Crippen molar-refractivity contribution in [3.63, 3.8) is 0 Å². The van der Waals surface area contributed by atoms with Crippen LogP contribution in [0.25, 0.3) is 0 Å². The summed E-state index contributed by atoms with van der Waals surface area (Å²) in [4.78, 5) is 13.9. The second-order valence-corrected chi connectivity index (χ2v) is 7.21. The number of amides is 1. The standard InChI is InChI=1S/C14H20N2O3S/c1-11-9-12(5-6-13(11)15)20(18,19)10-14(17)16-7-3-2-4-8-16/h5-6,9H,2-4,7-8,10,15H2,1H3. The summed E-state index contributed by atoms with van der Waals surface area (Å²) < 4.78 is 24.5. The highest BCUT2D eigenvalue weighted by molar-refractivity contribution is 7.92. The van der Waals surface area contributed by atoms with E-state index in [9.17, 15) is 13.2 Å². The Balaban J connectivity index is 2.13. The molecule has 1 amide bonds. The largest absolute Gasteiger partial charge is 0.399 e. The molecule has 0 radical (unpaired) electrons. The average molecular weight is 296 g/mol. The summed E-state index contributed by atoms with van der Waals surface area (Å²) >= 11 is 0. The van der Waals surface area contributed by atoms with Crippen molar-refractivity contribution in [2.24, 2.45) is 0 Å². The molecular weight excluding hydrogens is 276 g/mol. The molecule has 1 aromatic carbocycles. The van der Waals surface area contributed by atoms with Gasteiger partial charge in [0.15, 0.2) is 9.84 Å². The summed E-state index contributed by atoms with van der Waals surface area (Å²) in [6, 6.07) is 4.54. The summed E-state index contributed by atoms with van der Waals surface area (Å²) in [5.41, 5.74) is 6.93. The predicted octanol–water partition coefficient (Wildman–Crippen LogP) is 1.36. The fourth-order valence-corrected chi connectivity index (χ4v) is 3.63. The number of aryl methyl sites for hydroxylation is 1. The molecular formula is C14H20N2O3S. The number of carbonyl (C=O) groups excluding carboxylic acids is 1. The van der Waals surface area contributed by atoms with Crippen LogP contribution in [0.2, 0.25) is 0 Å². The smallest absolute Gasteiger partial charge is 0.238 e. The number of carbonyl (C=O) groups is 1. The third-order valence-electron chi connectivity index (χ3n) is 3.62. The van der Waals surface area contributed by atoms with Crippen molar-refractivity contribution in [1.82, 2.24) is 4.90 Å². The van der Waals surface area contributed by atoms with Crippen molar-refractivity contribution in [2.75, 3.05) is 24.6 Å². The van der Waals surface area contributed by atoms with E-state index >= 15 is 0 Å². The summed E-state index contributed by atoms with van der Waals surface area (Å²) in [7, 11) is -3.59. The summed E-state index contributed by atoms with van der Waals surface area (Å²) in [6.45, 7) is 3.07. The predicted molar refractivity (Wildman–Crippen MR) is 78.1 cm³/mol. The lowest BCUT2D eigenvalue weighted by Crippen LogP contribution is -2.39. The van der Waals surface area contributed by atoms with Crippen LogP contribution in [0.3, 0.4) is 0 Å². The van der Waals surface area contributed by atoms with E-state index in [-0.39, 0.29) is 10.8 Å². The van der Waals surface area contributed by atoms with Crippen molar-refractivity contribution in [2.45, 2.75) is 31.1 Å². The van der Waals surface area contributed by atoms with Gasteiger partial charge >= 0.3 is 0 Å². The third-order valence-corrected chi connectivity index (χ3v) is 5.22. The first-order chi connectivity index (χ1) is 9.40. The minimum atomic E-state index is -3.59. The Labute approximate surface area is 119 Å². The molecule has 0 aliphatic carbocycles. The van der Waals surface area contributed by atoms with Gasteiger partial charge in [-0.25, -0.2) is 8.42 Å². The fourth-order valence-electron chi connectivity index (χ4n) is 2.32. The van der Waals surface area contributed by atoms with Crippen LogP contribution >= 0.6 is 0 Å². The minimum absolute atomic E-state index is 0.162. The monoisotopic (exact) mass is 296 g/mol. The van der Waals surface area contributed by atoms with Gasteiger partial charge in [0.1, 0.15) is 5.75 Å². The molecule has 1 aromatic rings. The van der Waals surface area contributed by atoms with Crippen molar-refractivity contribution in [3.8, 4) is 0 Å². The first-order valence-electron chi connectivity index (χ1n) is 6.77. The number of nitrogens with zero attached hydrogens (tertiary/aromatic N) is 1. The van der Waals surface area contributed by atoms with Crippen molar-refractivity contribution in [3.05, 3.63) is 23.8 Å². The minimum Gasteiger partial charge on any atom is -0.399 e. The molecule has 6 heteroatoms. The molecule has 1 saturated heterocycles. The van der Waals surface area contributed by atoms with Crippen LogP contribution in [-0.2, 0) is 14.6 Å². The quantitative estimate of drug-likeness (QED) is 0.854. The molecule has 110 valence electrons. The topological polar surface area (TPSA) is 80.5 Å². The number of hydrogen-bond acceptors (Lipinski definition) is 4. The molecule has 0 unspecified atom stereocenters. The first kappa shape index (κ1) is 14.8. The highest BCUT2D eigenvalue weighted by atomic mass is 32.2. The number of likely N-dealkylation sites (tertiary alicyclic amines) is 1. The van der Waals surface area contributed by atoms with E-state index in [0.29, 0.717) is 24.3 Å². The summed E-state index contributed by atoms with van der Waals surface area (Å²) in [5, 5.41) is 0. The van der Waals surface area contributed by atoms with E-state index in [1.165, 1.54) is 12.1 Å². The second kappa shape index (κ2) is 5.83. The maximum absolute atomic E-state index is 12.3. The van der Waals surface area contributed by atoms with Crippen LogP contribution in [0, 0.1) is 6.92 Å². The number of sulfone groups is 1. The van der Waals surface area contributed by atoms with Gasteiger partial charge in [0.05, 0.1) is 4.90 Å². The summed E-state index contributed by atoms with van der Waals surface area (Å²) in [6.07, 6.45) is 3.01. The molecule has 0 bridgehead atoms. The zero-order chi connectivity index (χ0) is 14.8. The van der Waals surface area contributed by atoms with Crippen molar-refractivity contribution >= 4 is 21.4 Å². The number of benzene rings is 1. The average Bonchev–Trinajstić information content (AvgIpc) is 2.42. The highest BCUT2D eigenvalue weighted by Crippen LogP contribution is 2.19. The maximum atomic E-state index is 12.3. The second-order valence-electron chi connectivity index (χ2n) is 5.22. The lowest BCUT2D eigenvalue weighted by Gasteiger charge is -2.26. The molecule has 1 heterocycles. The highest BCUT2D eigenvalue weighted by Gasteiger charge is 2.24. The number of nitrogens with two attached hydrogens (primary N) is 1. The van der Waals surface area contributed by atoms with Crippen LogP contribution in [0.1, 0.15) is 24.8 Å². The van der Waals surface area contributed by atoms with Crippen molar-refractivity contribution in [1.29, 1.82) is 0 Å². The number of nitrogen functional groups attached to an aromatic ring is 1. The Hall–Kier alpha value is -1.56. The molecule has 0 atom stereocenters. The van der Waals surface area contributed by atoms with Gasteiger partial charge in [-0.3, -0.25) is 4.79 Å². The van der Waals surface area contributed by atoms with Gasteiger partial charge in [0.2, 0.25) is 5.91 Å². The fraction of sp³-hybridized carbons (Fsp3) is 0.500. The Kier molecular flexibility index (Phi) is 4.32. The molecule has 1 fully saturated rings. The number of hydrogen-bond donors (Lipinski definition) is 1. The van der Waals surface area contributed by atoms with E-state index in [1.54, 1.807) is 17.9 Å². The zero-order valence-electron chi connectivity index (χ0n) is 11.6. The Morgan fingerprint density at radius 2 is 1.90 bits per heavy atom. The number of anilines is 1. The molecule has 1 aliphatic heterocycles. The molecule has 2 rings (SSSR count). The molecule has 0 spiro atoms. The molecule has 0 saturated carbocycles. The Bertz CT molecular complexity index is 605. The van der Waals surface area contributed by atoms with Gasteiger partial charge in [-0.15, -0.1) is 0 Å². The van der Waals surface area contributed by atoms with Crippen LogP contribution < -0.4 is 5.73 Å². The van der Waals surface area contributed by atoms with Crippen LogP contribution in [0.15, 0.2) is 23.1 Å². The van der Waals surface area contributed by atoms with E-state index in [4.69, 9.17) is 5.73 Å². The first-order valence-corrected chi connectivity index (χ1v) is 8.42. The van der Waals surface area contributed by atoms with Gasteiger partial charge in [0, 0.05) is 18.8 Å². The lowest BCUT2D eigenvalue weighted by atomic mass is 10.1. The third kappa shape index (κ3) is 3.30. The molecule has 5 nitrogen and oxygen atoms in total. The van der Waals surface area contributed by atoms with E-state index in [1.807, 2.05) is 0 Å². The van der Waals surface area contributed by atoms with Gasteiger partial charge in [-0.2, -0.15) is 0 Å². The zero-order valence-corrected chi connectivity index (χ0v) is 12.4. The van der Waals surface area contributed by atoms with E-state index < -0.39 is 15.6 Å². The van der Waals surface area contributed by atoms with E-state index in [0.717, 1.165) is 19.3 Å². The Morgan fingerprint density at radius 1 is 1.25 bits per heavy atom. The SMILES string of the molecule is Cc1cc(S(=O)(=O)CC(=O)N2CCCCC2)ccc1N. The van der Waals surface area contributed by atoms with Crippen LogP contribution in [-0.4, -0.2) is 38.1 Å². The number of rotatable bonds is 3. The maximum Gasteiger partial charge on any atom is 0.238 e. The van der Waals surface area contributed by atoms with E-state index in [2.05, 4.69) is 0 Å². The lowest BCUT2D eigenvalue weighted by molar-refractivity contribution is -0.129. The van der Waals surface area contributed by atoms with Crippen LogP contribution in [0.4, 0.5) is 5.69 Å². The van der Waals surface area contributed by atoms with Gasteiger partial charge in [-0.05, 0) is 49.9 Å². The molecule has 0 aromatic heterocycles. The Morgan fingerprint density at radius 3 is 2.50 bits per heavy atom. The van der Waals surface area contributed by atoms with Gasteiger partial charge in [0.25, 0.3) is 0 Å². The van der Waals surface area contributed by atoms with Crippen LogP contribution in [0.5, 0.6) is 0 Å². The van der Waals surface area contributed by atoms with Gasteiger partial charge in [-0.1, -0.05) is 0 Å². The normalized spacial score (nSPS) is 16.1. The van der Waals surface area contributed by atoms with Gasteiger partial charge < -0.3 is 10.6 Å². The summed E-state index contributed by atoms with van der Waals surface area (Å²) in [5.74, 6) is -0.768. The van der Waals surface area contributed by atoms with Crippen molar-refractivity contribution < 1.29 is 13.2 Å². The molecule has 2 N–H and O–H groups in total. The number of piperidine rings is 1.